The molecule has 3 rings (SSSR count). The molecule has 1 aliphatic heterocycles. The van der Waals surface area contributed by atoms with Gasteiger partial charge in [0.2, 0.25) is 5.91 Å². The molecule has 1 saturated heterocycles. The molecule has 3 heterocycles. The van der Waals surface area contributed by atoms with Gasteiger partial charge in [-0.3, -0.25) is 23.2 Å². The van der Waals surface area contributed by atoms with Crippen molar-refractivity contribution in [3.63, 3.8) is 0 Å². The predicted molar refractivity (Wildman–Crippen MR) is 96.2 cm³/mol. The Morgan fingerprint density at radius 1 is 1.29 bits per heavy atom. The summed E-state index contributed by atoms with van der Waals surface area (Å²) in [5.74, 6) is 0.666. The van der Waals surface area contributed by atoms with Gasteiger partial charge in [-0.25, -0.2) is 4.98 Å². The Balaban J connectivity index is 1.98. The van der Waals surface area contributed by atoms with Crippen LogP contribution in [0.5, 0.6) is 0 Å². The van der Waals surface area contributed by atoms with Crippen molar-refractivity contribution in [3.05, 3.63) is 36.3 Å². The number of aromatic nitrogens is 2. The van der Waals surface area contributed by atoms with Gasteiger partial charge in [0.15, 0.2) is 0 Å². The van der Waals surface area contributed by atoms with E-state index in [9.17, 15) is 13.9 Å². The minimum Gasteiger partial charge on any atom is -0.311 e. The molecular formula is C16H20N4O3S. The van der Waals surface area contributed by atoms with Crippen LogP contribution >= 0.6 is 10.8 Å². The fourth-order valence-electron chi connectivity index (χ4n) is 2.73. The molecule has 1 fully saturated rings. The number of carbonyl (C=O) groups excluding carboxylic acids is 1. The normalized spacial score (nSPS) is 17.6. The summed E-state index contributed by atoms with van der Waals surface area (Å²) in [6.45, 7) is 3.88. The van der Waals surface area contributed by atoms with Crippen LogP contribution in [0.2, 0.25) is 0 Å². The van der Waals surface area contributed by atoms with Gasteiger partial charge >= 0.3 is 0 Å². The van der Waals surface area contributed by atoms with Crippen LogP contribution in [-0.4, -0.2) is 37.3 Å². The monoisotopic (exact) mass is 348 g/mol. The average molecular weight is 348 g/mol. The van der Waals surface area contributed by atoms with E-state index in [1.54, 1.807) is 22.8 Å². The third-order valence-electron chi connectivity index (χ3n) is 3.86. The van der Waals surface area contributed by atoms with E-state index in [0.29, 0.717) is 18.1 Å². The van der Waals surface area contributed by atoms with Crippen LogP contribution in [-0.2, 0) is 4.79 Å². The topological polar surface area (TPSA) is 98.6 Å². The second-order valence-corrected chi connectivity index (χ2v) is 7.85. The minimum absolute atomic E-state index is 0.187. The first-order valence-corrected chi connectivity index (χ1v) is 9.28. The number of hydrogen-bond donors (Lipinski definition) is 3. The number of rotatable bonds is 3. The van der Waals surface area contributed by atoms with Crippen molar-refractivity contribution in [1.29, 1.82) is 0 Å². The molecule has 1 aliphatic rings. The van der Waals surface area contributed by atoms with E-state index in [4.69, 9.17) is 0 Å². The molecule has 0 unspecified atom stereocenters. The maximum Gasteiger partial charge on any atom is 0.222 e. The highest BCUT2D eigenvalue weighted by Gasteiger charge is 2.30. The van der Waals surface area contributed by atoms with Crippen molar-refractivity contribution in [2.45, 2.75) is 20.3 Å². The van der Waals surface area contributed by atoms with Gasteiger partial charge in [-0.1, -0.05) is 0 Å². The molecule has 0 aliphatic carbocycles. The zero-order valence-corrected chi connectivity index (χ0v) is 14.4. The molecule has 0 radical (unpaired) electrons. The zero-order valence-electron chi connectivity index (χ0n) is 13.6. The highest BCUT2D eigenvalue weighted by molar-refractivity contribution is 8.25. The Morgan fingerprint density at radius 3 is 2.75 bits per heavy atom. The number of anilines is 2. The van der Waals surface area contributed by atoms with E-state index in [2.05, 4.69) is 15.3 Å². The quantitative estimate of drug-likeness (QED) is 0.787. The Kier molecular flexibility index (Phi) is 4.44. The number of nitrogens with one attached hydrogen (secondary N) is 1. The van der Waals surface area contributed by atoms with Crippen LogP contribution in [0, 0.1) is 6.92 Å². The number of pyridine rings is 2. The van der Waals surface area contributed by atoms with Crippen LogP contribution in [0.1, 0.15) is 19.0 Å². The standard InChI is InChI=1S/C16H20N4O3S/c1-11-15(20-6-3-7-24(20,22)23)8-14(10-18-11)13-4-5-17-16(9-13)19-12(2)21/h4-5,8-10,22-23H,3,6-7H2,1-2H3,(H,17,19,21). The summed E-state index contributed by atoms with van der Waals surface area (Å²) >= 11 is 0. The molecular weight excluding hydrogens is 328 g/mol. The predicted octanol–water partition coefficient (Wildman–Crippen LogP) is 3.29. The van der Waals surface area contributed by atoms with Crippen LogP contribution in [0.25, 0.3) is 11.1 Å². The smallest absolute Gasteiger partial charge is 0.222 e. The van der Waals surface area contributed by atoms with Gasteiger partial charge in [-0.2, -0.15) is 0 Å². The highest BCUT2D eigenvalue weighted by Crippen LogP contribution is 2.51. The first-order chi connectivity index (χ1) is 11.4. The summed E-state index contributed by atoms with van der Waals surface area (Å²) in [6.07, 6.45) is 4.09. The molecule has 2 aromatic rings. The lowest BCUT2D eigenvalue weighted by Crippen LogP contribution is -2.23. The summed E-state index contributed by atoms with van der Waals surface area (Å²) in [5, 5.41) is 2.65. The number of carbonyl (C=O) groups is 1. The Labute approximate surface area is 142 Å². The van der Waals surface area contributed by atoms with Gasteiger partial charge in [0, 0.05) is 31.4 Å². The van der Waals surface area contributed by atoms with Gasteiger partial charge in [0.25, 0.3) is 0 Å². The van der Waals surface area contributed by atoms with E-state index in [1.807, 2.05) is 19.1 Å². The second-order valence-electron chi connectivity index (χ2n) is 5.73. The number of amides is 1. The van der Waals surface area contributed by atoms with E-state index in [0.717, 1.165) is 28.9 Å². The highest BCUT2D eigenvalue weighted by atomic mass is 32.3. The van der Waals surface area contributed by atoms with Crippen molar-refractivity contribution in [2.24, 2.45) is 0 Å². The van der Waals surface area contributed by atoms with E-state index in [-0.39, 0.29) is 5.91 Å². The van der Waals surface area contributed by atoms with Crippen LogP contribution in [0.4, 0.5) is 11.5 Å². The van der Waals surface area contributed by atoms with Crippen molar-refractivity contribution >= 4 is 28.2 Å². The Hall–Kier alpha value is -2.16. The summed E-state index contributed by atoms with van der Waals surface area (Å²) in [5.41, 5.74) is 3.14. The number of hydrogen-bond acceptors (Lipinski definition) is 6. The zero-order chi connectivity index (χ0) is 17.3. The van der Waals surface area contributed by atoms with E-state index >= 15 is 0 Å². The molecule has 0 saturated carbocycles. The van der Waals surface area contributed by atoms with Gasteiger partial charge in [0.05, 0.1) is 17.1 Å². The van der Waals surface area contributed by atoms with Crippen LogP contribution < -0.4 is 9.62 Å². The Bertz CT molecular complexity index is 782. The third-order valence-corrected chi connectivity index (χ3v) is 5.78. The average Bonchev–Trinajstić information content (AvgIpc) is 2.86. The fourth-order valence-corrected chi connectivity index (χ4v) is 4.38. The molecule has 2 aromatic heterocycles. The number of nitrogens with zero attached hydrogens (tertiary/aromatic N) is 3. The van der Waals surface area contributed by atoms with Gasteiger partial charge in [-0.05, 0) is 37.1 Å². The second kappa shape index (κ2) is 6.39. The number of aryl methyl sites for hydroxylation is 1. The summed E-state index contributed by atoms with van der Waals surface area (Å²) < 4.78 is 22.1. The molecule has 0 aromatic carbocycles. The lowest BCUT2D eigenvalue weighted by atomic mass is 10.1. The molecule has 3 N–H and O–H groups in total. The lowest BCUT2D eigenvalue weighted by molar-refractivity contribution is -0.114. The summed E-state index contributed by atoms with van der Waals surface area (Å²) in [7, 11) is -2.76. The van der Waals surface area contributed by atoms with Crippen molar-refractivity contribution in [2.75, 3.05) is 21.9 Å². The maximum absolute atomic E-state index is 11.2. The third kappa shape index (κ3) is 3.35. The fraction of sp³-hybridized carbons (Fsp3) is 0.312. The first-order valence-electron chi connectivity index (χ1n) is 7.61. The first kappa shape index (κ1) is 16.7. The summed E-state index contributed by atoms with van der Waals surface area (Å²) in [6, 6.07) is 5.48. The van der Waals surface area contributed by atoms with Gasteiger partial charge < -0.3 is 5.32 Å². The van der Waals surface area contributed by atoms with Crippen molar-refractivity contribution < 1.29 is 13.9 Å². The van der Waals surface area contributed by atoms with Gasteiger partial charge in [0.1, 0.15) is 5.82 Å². The Morgan fingerprint density at radius 2 is 2.08 bits per heavy atom. The minimum atomic E-state index is -2.76. The van der Waals surface area contributed by atoms with E-state index < -0.39 is 10.8 Å². The lowest BCUT2D eigenvalue weighted by Gasteiger charge is -2.38. The summed E-state index contributed by atoms with van der Waals surface area (Å²) in [4.78, 5) is 19.7. The molecule has 7 nitrogen and oxygen atoms in total. The SMILES string of the molecule is CC(=O)Nc1cc(-c2cnc(C)c(N3CCCS3(O)O)c2)ccn1. The molecule has 0 spiro atoms. The van der Waals surface area contributed by atoms with Crippen molar-refractivity contribution in [3.8, 4) is 11.1 Å². The maximum atomic E-state index is 11.2. The van der Waals surface area contributed by atoms with Crippen molar-refractivity contribution in [1.82, 2.24) is 9.97 Å². The molecule has 0 atom stereocenters. The van der Waals surface area contributed by atoms with Gasteiger partial charge in [-0.15, -0.1) is 10.8 Å². The van der Waals surface area contributed by atoms with E-state index in [1.165, 1.54) is 6.92 Å². The molecule has 128 valence electrons. The molecule has 0 bridgehead atoms. The van der Waals surface area contributed by atoms with Crippen LogP contribution in [0.15, 0.2) is 30.6 Å². The largest absolute Gasteiger partial charge is 0.311 e. The molecule has 24 heavy (non-hydrogen) atoms. The van der Waals surface area contributed by atoms with Crippen LogP contribution in [0.3, 0.4) is 0 Å². The molecule has 1 amide bonds. The molecule has 8 heteroatoms.